The Labute approximate surface area is 101 Å². The van der Waals surface area contributed by atoms with Crippen LogP contribution in [0.2, 0.25) is 0 Å². The van der Waals surface area contributed by atoms with E-state index in [1.54, 1.807) is 11.8 Å². The lowest BCUT2D eigenvalue weighted by Crippen LogP contribution is -2.46. The largest absolute Gasteiger partial charge is 0.481 e. The quantitative estimate of drug-likeness (QED) is 0.774. The van der Waals surface area contributed by atoms with E-state index >= 15 is 0 Å². The van der Waals surface area contributed by atoms with Gasteiger partial charge in [0.2, 0.25) is 0 Å². The Kier molecular flexibility index (Phi) is 3.12. The van der Waals surface area contributed by atoms with Gasteiger partial charge in [0.15, 0.2) is 0 Å². The standard InChI is InChI=1S/C12H19NO4/c1-8-6-13(7-9(8)10(14)15)11(16)12(2)4-3-5-17-12/h8-9H,3-7H2,1-2H3,(H,14,15)/t8-,9-,12?/m1/s1. The molecule has 17 heavy (non-hydrogen) atoms. The second kappa shape index (κ2) is 4.29. The van der Waals surface area contributed by atoms with Crippen molar-refractivity contribution in [2.45, 2.75) is 32.3 Å². The van der Waals surface area contributed by atoms with E-state index in [0.29, 0.717) is 19.7 Å². The number of hydrogen-bond acceptors (Lipinski definition) is 3. The van der Waals surface area contributed by atoms with E-state index in [9.17, 15) is 9.59 Å². The summed E-state index contributed by atoms with van der Waals surface area (Å²) in [6, 6.07) is 0. The molecule has 2 aliphatic rings. The Hall–Kier alpha value is -1.10. The fourth-order valence-corrected chi connectivity index (χ4v) is 2.74. The van der Waals surface area contributed by atoms with Gasteiger partial charge in [-0.05, 0) is 25.7 Å². The maximum absolute atomic E-state index is 12.3. The summed E-state index contributed by atoms with van der Waals surface area (Å²) in [4.78, 5) is 25.0. The SMILES string of the molecule is C[C@@H]1CN(C(=O)C2(C)CCCO2)C[C@H]1C(=O)O. The number of hydrogen-bond donors (Lipinski definition) is 1. The highest BCUT2D eigenvalue weighted by atomic mass is 16.5. The monoisotopic (exact) mass is 241 g/mol. The molecule has 0 aromatic rings. The van der Waals surface area contributed by atoms with Crippen molar-refractivity contribution in [3.05, 3.63) is 0 Å². The first-order chi connectivity index (χ1) is 7.94. The molecule has 1 amide bonds. The minimum Gasteiger partial charge on any atom is -0.481 e. The number of carbonyl (C=O) groups excluding carboxylic acids is 1. The van der Waals surface area contributed by atoms with Crippen LogP contribution < -0.4 is 0 Å². The highest BCUT2D eigenvalue weighted by Crippen LogP contribution is 2.31. The molecule has 1 unspecified atom stereocenters. The Morgan fingerprint density at radius 1 is 1.41 bits per heavy atom. The van der Waals surface area contributed by atoms with Crippen molar-refractivity contribution < 1.29 is 19.4 Å². The Balaban J connectivity index is 2.05. The topological polar surface area (TPSA) is 66.8 Å². The summed E-state index contributed by atoms with van der Waals surface area (Å²) in [5.74, 6) is -1.29. The summed E-state index contributed by atoms with van der Waals surface area (Å²) < 4.78 is 5.51. The van der Waals surface area contributed by atoms with Crippen LogP contribution in [0.4, 0.5) is 0 Å². The molecule has 2 aliphatic heterocycles. The van der Waals surface area contributed by atoms with Crippen molar-refractivity contribution in [3.8, 4) is 0 Å². The zero-order valence-electron chi connectivity index (χ0n) is 10.3. The molecule has 2 saturated heterocycles. The van der Waals surface area contributed by atoms with Crippen molar-refractivity contribution >= 4 is 11.9 Å². The molecule has 0 saturated carbocycles. The number of carboxylic acid groups (broad SMARTS) is 1. The van der Waals surface area contributed by atoms with Crippen molar-refractivity contribution in [1.29, 1.82) is 0 Å². The predicted molar refractivity (Wildman–Crippen MR) is 60.5 cm³/mol. The Morgan fingerprint density at radius 3 is 2.59 bits per heavy atom. The van der Waals surface area contributed by atoms with E-state index in [4.69, 9.17) is 9.84 Å². The van der Waals surface area contributed by atoms with Crippen LogP contribution in [0.5, 0.6) is 0 Å². The average molecular weight is 241 g/mol. The number of carbonyl (C=O) groups is 2. The van der Waals surface area contributed by atoms with Crippen LogP contribution in [-0.4, -0.2) is 47.2 Å². The summed E-state index contributed by atoms with van der Waals surface area (Å²) in [7, 11) is 0. The first-order valence-electron chi connectivity index (χ1n) is 6.10. The molecule has 3 atom stereocenters. The van der Waals surface area contributed by atoms with Crippen LogP contribution in [0.3, 0.4) is 0 Å². The molecule has 2 fully saturated rings. The fraction of sp³-hybridized carbons (Fsp3) is 0.833. The number of amides is 1. The third-order valence-corrected chi connectivity index (χ3v) is 3.89. The van der Waals surface area contributed by atoms with Gasteiger partial charge in [0.05, 0.1) is 5.92 Å². The Morgan fingerprint density at radius 2 is 2.12 bits per heavy atom. The molecule has 2 heterocycles. The molecule has 5 heteroatoms. The molecular formula is C12H19NO4. The minimum atomic E-state index is -0.815. The molecule has 0 spiro atoms. The number of likely N-dealkylation sites (tertiary alicyclic amines) is 1. The van der Waals surface area contributed by atoms with Crippen molar-refractivity contribution in [3.63, 3.8) is 0 Å². The van der Waals surface area contributed by atoms with E-state index in [-0.39, 0.29) is 11.8 Å². The zero-order chi connectivity index (χ0) is 12.6. The van der Waals surface area contributed by atoms with Crippen LogP contribution in [0.15, 0.2) is 0 Å². The maximum atomic E-state index is 12.3. The molecule has 0 aliphatic carbocycles. The molecule has 0 bridgehead atoms. The predicted octanol–water partition coefficient (Wildman–Crippen LogP) is 0.735. The number of aliphatic carboxylic acids is 1. The highest BCUT2D eigenvalue weighted by Gasteiger charge is 2.45. The van der Waals surface area contributed by atoms with Gasteiger partial charge in [-0.25, -0.2) is 0 Å². The van der Waals surface area contributed by atoms with E-state index in [2.05, 4.69) is 0 Å². The first kappa shape index (κ1) is 12.4. The molecule has 0 radical (unpaired) electrons. The van der Waals surface area contributed by atoms with E-state index in [0.717, 1.165) is 12.8 Å². The lowest BCUT2D eigenvalue weighted by Gasteiger charge is -2.28. The van der Waals surface area contributed by atoms with E-state index < -0.39 is 17.5 Å². The van der Waals surface area contributed by atoms with Gasteiger partial charge in [-0.3, -0.25) is 9.59 Å². The lowest BCUT2D eigenvalue weighted by molar-refractivity contribution is -0.150. The summed E-state index contributed by atoms with van der Waals surface area (Å²) in [5, 5.41) is 9.04. The molecule has 0 aromatic carbocycles. The van der Waals surface area contributed by atoms with Crippen LogP contribution in [0, 0.1) is 11.8 Å². The number of carboxylic acids is 1. The van der Waals surface area contributed by atoms with Gasteiger partial charge in [-0.15, -0.1) is 0 Å². The first-order valence-corrected chi connectivity index (χ1v) is 6.10. The normalized spacial score (nSPS) is 37.4. The van der Waals surface area contributed by atoms with Gasteiger partial charge < -0.3 is 14.7 Å². The van der Waals surface area contributed by atoms with Gasteiger partial charge in [0.25, 0.3) is 5.91 Å². The number of ether oxygens (including phenoxy) is 1. The summed E-state index contributed by atoms with van der Waals surface area (Å²) in [6.07, 6.45) is 1.63. The van der Waals surface area contributed by atoms with Gasteiger partial charge in [0.1, 0.15) is 5.60 Å². The number of rotatable bonds is 2. The molecule has 1 N–H and O–H groups in total. The summed E-state index contributed by atoms with van der Waals surface area (Å²) in [5.41, 5.74) is -0.729. The van der Waals surface area contributed by atoms with Crippen LogP contribution in [-0.2, 0) is 14.3 Å². The molecule has 96 valence electrons. The second-order valence-electron chi connectivity index (χ2n) is 5.32. The summed E-state index contributed by atoms with van der Waals surface area (Å²) >= 11 is 0. The van der Waals surface area contributed by atoms with Crippen LogP contribution in [0.1, 0.15) is 26.7 Å². The van der Waals surface area contributed by atoms with E-state index in [1.807, 2.05) is 6.92 Å². The van der Waals surface area contributed by atoms with Crippen LogP contribution >= 0.6 is 0 Å². The van der Waals surface area contributed by atoms with Gasteiger partial charge in [-0.1, -0.05) is 6.92 Å². The average Bonchev–Trinajstić information content (AvgIpc) is 2.84. The third kappa shape index (κ3) is 2.16. The zero-order valence-corrected chi connectivity index (χ0v) is 10.3. The molecular weight excluding hydrogens is 222 g/mol. The molecule has 5 nitrogen and oxygen atoms in total. The van der Waals surface area contributed by atoms with Gasteiger partial charge >= 0.3 is 5.97 Å². The van der Waals surface area contributed by atoms with Crippen molar-refractivity contribution in [2.24, 2.45) is 11.8 Å². The summed E-state index contributed by atoms with van der Waals surface area (Å²) in [6.45, 7) is 5.14. The van der Waals surface area contributed by atoms with E-state index in [1.165, 1.54) is 0 Å². The van der Waals surface area contributed by atoms with Crippen LogP contribution in [0.25, 0.3) is 0 Å². The van der Waals surface area contributed by atoms with Crippen molar-refractivity contribution in [2.75, 3.05) is 19.7 Å². The molecule has 0 aromatic heterocycles. The van der Waals surface area contributed by atoms with Gasteiger partial charge in [-0.2, -0.15) is 0 Å². The smallest absolute Gasteiger partial charge is 0.308 e. The van der Waals surface area contributed by atoms with Gasteiger partial charge in [0, 0.05) is 19.7 Å². The molecule has 2 rings (SSSR count). The Bertz CT molecular complexity index is 335. The highest BCUT2D eigenvalue weighted by molar-refractivity contribution is 5.86. The third-order valence-electron chi connectivity index (χ3n) is 3.89. The van der Waals surface area contributed by atoms with Crippen molar-refractivity contribution in [1.82, 2.24) is 4.90 Å². The number of nitrogens with zero attached hydrogens (tertiary/aromatic N) is 1. The fourth-order valence-electron chi connectivity index (χ4n) is 2.74. The lowest BCUT2D eigenvalue weighted by atomic mass is 9.99. The maximum Gasteiger partial charge on any atom is 0.308 e. The second-order valence-corrected chi connectivity index (χ2v) is 5.32. The minimum absolute atomic E-state index is 0.0152.